The van der Waals surface area contributed by atoms with Crippen molar-refractivity contribution in [3.05, 3.63) is 0 Å². The van der Waals surface area contributed by atoms with Gasteiger partial charge in [-0.15, -0.1) is 0 Å². The molecular formula is C12H21FO. The summed E-state index contributed by atoms with van der Waals surface area (Å²) < 4.78 is 12.2. The number of rotatable bonds is 2. The Labute approximate surface area is 86.1 Å². The summed E-state index contributed by atoms with van der Waals surface area (Å²) >= 11 is 0. The third-order valence-corrected chi connectivity index (χ3v) is 3.19. The zero-order valence-electron chi connectivity index (χ0n) is 8.93. The number of halogens is 1. The molecule has 1 saturated carbocycles. The normalized spacial score (nSPS) is 21.8. The van der Waals surface area contributed by atoms with Crippen LogP contribution >= 0.6 is 0 Å². The van der Waals surface area contributed by atoms with E-state index in [1.165, 1.54) is 32.1 Å². The van der Waals surface area contributed by atoms with Gasteiger partial charge in [-0.2, -0.15) is 0 Å². The summed E-state index contributed by atoms with van der Waals surface area (Å²) in [5.74, 6) is -0.135. The van der Waals surface area contributed by atoms with Gasteiger partial charge in [0, 0.05) is 5.92 Å². The van der Waals surface area contributed by atoms with Gasteiger partial charge in [-0.05, 0) is 12.8 Å². The van der Waals surface area contributed by atoms with E-state index in [0.717, 1.165) is 25.7 Å². The fourth-order valence-corrected chi connectivity index (χ4v) is 2.24. The van der Waals surface area contributed by atoms with Gasteiger partial charge in [0.15, 0.2) is 5.78 Å². The Kier molecular flexibility index (Phi) is 5.81. The third kappa shape index (κ3) is 4.21. The van der Waals surface area contributed by atoms with E-state index in [1.807, 2.05) is 0 Å². The van der Waals surface area contributed by atoms with E-state index in [9.17, 15) is 9.18 Å². The Morgan fingerprint density at radius 2 is 1.36 bits per heavy atom. The van der Waals surface area contributed by atoms with E-state index >= 15 is 0 Å². The van der Waals surface area contributed by atoms with E-state index in [0.29, 0.717) is 0 Å². The minimum atomic E-state index is -0.759. The molecule has 0 saturated heterocycles. The molecule has 0 heterocycles. The molecule has 0 atom stereocenters. The average Bonchev–Trinajstić information content (AvgIpc) is 2.24. The maximum absolute atomic E-state index is 12.2. The lowest BCUT2D eigenvalue weighted by molar-refractivity contribution is -0.124. The molecular weight excluding hydrogens is 179 g/mol. The molecule has 0 radical (unpaired) electrons. The number of carbonyl (C=O) groups is 1. The van der Waals surface area contributed by atoms with Crippen molar-refractivity contribution >= 4 is 5.78 Å². The van der Waals surface area contributed by atoms with Crippen LogP contribution in [0.25, 0.3) is 0 Å². The van der Waals surface area contributed by atoms with Gasteiger partial charge in [0.25, 0.3) is 0 Å². The maximum Gasteiger partial charge on any atom is 0.166 e. The quantitative estimate of drug-likeness (QED) is 0.664. The van der Waals surface area contributed by atoms with E-state index < -0.39 is 6.67 Å². The van der Waals surface area contributed by atoms with Gasteiger partial charge in [0.2, 0.25) is 0 Å². The summed E-state index contributed by atoms with van der Waals surface area (Å²) in [7, 11) is 0. The van der Waals surface area contributed by atoms with Crippen molar-refractivity contribution < 1.29 is 9.18 Å². The lowest BCUT2D eigenvalue weighted by atomic mass is 9.89. The standard InChI is InChI=1S/C12H21FO/c13-10-12(14)11-8-6-4-2-1-3-5-7-9-11/h11H,1-10H2. The van der Waals surface area contributed by atoms with Gasteiger partial charge in [0.05, 0.1) is 0 Å². The molecule has 1 aliphatic carbocycles. The molecule has 82 valence electrons. The predicted octanol–water partition coefficient (Wildman–Crippen LogP) is 3.67. The fraction of sp³-hybridized carbons (Fsp3) is 0.917. The monoisotopic (exact) mass is 200 g/mol. The highest BCUT2D eigenvalue weighted by atomic mass is 19.1. The molecule has 0 bridgehead atoms. The van der Waals surface area contributed by atoms with Crippen molar-refractivity contribution in [2.45, 2.75) is 57.8 Å². The zero-order chi connectivity index (χ0) is 10.2. The number of hydrogen-bond acceptors (Lipinski definition) is 1. The molecule has 1 nitrogen and oxygen atoms in total. The van der Waals surface area contributed by atoms with E-state index in [1.54, 1.807) is 0 Å². The van der Waals surface area contributed by atoms with Crippen LogP contribution < -0.4 is 0 Å². The highest BCUT2D eigenvalue weighted by Crippen LogP contribution is 2.22. The molecule has 14 heavy (non-hydrogen) atoms. The molecule has 0 aliphatic heterocycles. The van der Waals surface area contributed by atoms with Crippen molar-refractivity contribution in [2.75, 3.05) is 6.67 Å². The van der Waals surface area contributed by atoms with Crippen LogP contribution in [-0.4, -0.2) is 12.5 Å². The number of hydrogen-bond donors (Lipinski definition) is 0. The lowest BCUT2D eigenvalue weighted by Crippen LogP contribution is -2.16. The topological polar surface area (TPSA) is 17.1 Å². The number of ketones is 1. The van der Waals surface area contributed by atoms with Crippen molar-refractivity contribution in [1.29, 1.82) is 0 Å². The van der Waals surface area contributed by atoms with Crippen LogP contribution in [-0.2, 0) is 4.79 Å². The van der Waals surface area contributed by atoms with Gasteiger partial charge < -0.3 is 0 Å². The second-order valence-electron chi connectivity index (χ2n) is 4.35. The smallest absolute Gasteiger partial charge is 0.166 e. The highest BCUT2D eigenvalue weighted by Gasteiger charge is 2.17. The van der Waals surface area contributed by atoms with Gasteiger partial charge >= 0.3 is 0 Å². The van der Waals surface area contributed by atoms with Crippen LogP contribution in [0.3, 0.4) is 0 Å². The summed E-state index contributed by atoms with van der Waals surface area (Å²) in [4.78, 5) is 11.3. The van der Waals surface area contributed by atoms with Crippen molar-refractivity contribution in [3.8, 4) is 0 Å². The number of alkyl halides is 1. The molecule has 1 aliphatic rings. The molecule has 1 rings (SSSR count). The molecule has 2 heteroatoms. The molecule has 0 unspecified atom stereocenters. The first-order chi connectivity index (χ1) is 6.84. The molecule has 0 N–H and O–H groups in total. The summed E-state index contributed by atoms with van der Waals surface area (Å²) in [6.07, 6.45) is 10.4. The molecule has 0 spiro atoms. The first-order valence-electron chi connectivity index (χ1n) is 5.93. The minimum absolute atomic E-state index is 0.0260. The average molecular weight is 200 g/mol. The maximum atomic E-state index is 12.2. The van der Waals surface area contributed by atoms with Gasteiger partial charge in [0.1, 0.15) is 6.67 Å². The second-order valence-corrected chi connectivity index (χ2v) is 4.35. The van der Waals surface area contributed by atoms with E-state index in [2.05, 4.69) is 0 Å². The predicted molar refractivity (Wildman–Crippen MR) is 56.0 cm³/mol. The molecule has 0 amide bonds. The Morgan fingerprint density at radius 1 is 0.929 bits per heavy atom. The van der Waals surface area contributed by atoms with E-state index in [-0.39, 0.29) is 11.7 Å². The van der Waals surface area contributed by atoms with Gasteiger partial charge in [-0.3, -0.25) is 4.79 Å². The van der Waals surface area contributed by atoms with E-state index in [4.69, 9.17) is 0 Å². The van der Waals surface area contributed by atoms with Crippen LogP contribution in [0.4, 0.5) is 4.39 Å². The Balaban J connectivity index is 2.34. The third-order valence-electron chi connectivity index (χ3n) is 3.19. The Hall–Kier alpha value is -0.400. The number of Topliss-reactive ketones (excluding diaryl/α,β-unsaturated/α-hetero) is 1. The Bertz CT molecular complexity index is 158. The second kappa shape index (κ2) is 6.97. The van der Waals surface area contributed by atoms with Crippen LogP contribution in [0.15, 0.2) is 0 Å². The molecule has 0 aromatic carbocycles. The number of carbonyl (C=O) groups excluding carboxylic acids is 1. The first-order valence-corrected chi connectivity index (χ1v) is 5.93. The molecule has 0 aromatic heterocycles. The molecule has 1 fully saturated rings. The van der Waals surface area contributed by atoms with Crippen LogP contribution in [0.2, 0.25) is 0 Å². The first kappa shape index (κ1) is 11.7. The van der Waals surface area contributed by atoms with Crippen molar-refractivity contribution in [3.63, 3.8) is 0 Å². The van der Waals surface area contributed by atoms with Crippen molar-refractivity contribution in [1.82, 2.24) is 0 Å². The minimum Gasteiger partial charge on any atom is -0.296 e. The Morgan fingerprint density at radius 3 is 1.79 bits per heavy atom. The van der Waals surface area contributed by atoms with Gasteiger partial charge in [-0.25, -0.2) is 4.39 Å². The van der Waals surface area contributed by atoms with Crippen LogP contribution in [0.5, 0.6) is 0 Å². The van der Waals surface area contributed by atoms with Crippen LogP contribution in [0, 0.1) is 5.92 Å². The summed E-state index contributed by atoms with van der Waals surface area (Å²) in [5, 5.41) is 0. The summed E-state index contributed by atoms with van der Waals surface area (Å²) in [6.45, 7) is -0.759. The SMILES string of the molecule is O=C(CF)C1CCCCCCCCC1. The van der Waals surface area contributed by atoms with Crippen LogP contribution in [0.1, 0.15) is 57.8 Å². The van der Waals surface area contributed by atoms with Gasteiger partial charge in [-0.1, -0.05) is 44.9 Å². The zero-order valence-corrected chi connectivity index (χ0v) is 8.93. The summed E-state index contributed by atoms with van der Waals surface area (Å²) in [5.41, 5.74) is 0. The van der Waals surface area contributed by atoms with Crippen molar-refractivity contribution in [2.24, 2.45) is 5.92 Å². The lowest BCUT2D eigenvalue weighted by Gasteiger charge is -2.15. The highest BCUT2D eigenvalue weighted by molar-refractivity contribution is 5.81. The fourth-order valence-electron chi connectivity index (χ4n) is 2.24. The largest absolute Gasteiger partial charge is 0.296 e. The molecule has 0 aromatic rings. The summed E-state index contributed by atoms with van der Waals surface area (Å²) in [6, 6.07) is 0.